The number of nitrogens with zero attached hydrogens (tertiary/aromatic N) is 3. The molecule has 0 fully saturated rings. The Labute approximate surface area is 275 Å². The Balaban J connectivity index is 1.53. The zero-order chi connectivity index (χ0) is 32.4. The van der Waals surface area contributed by atoms with Gasteiger partial charge >= 0.3 is 12.0 Å². The predicted octanol–water partition coefficient (Wildman–Crippen LogP) is 9.74. The number of hydrogen-bond donors (Lipinski definition) is 0. The van der Waals surface area contributed by atoms with Gasteiger partial charge in [0.1, 0.15) is 24.7 Å². The number of benzene rings is 3. The molecule has 4 rings (SSSR count). The first-order valence-electron chi connectivity index (χ1n) is 17.2. The number of unbranched alkanes of at least 4 members (excludes halogenated alkanes) is 6. The maximum Gasteiger partial charge on any atom is 0.323 e. The van der Waals surface area contributed by atoms with Crippen molar-refractivity contribution < 1.29 is 18.9 Å². The number of para-hydroxylation sites is 2. The fraction of sp³-hybridized carbons (Fsp3) is 0.462. The Bertz CT molecular complexity index is 1370. The van der Waals surface area contributed by atoms with Crippen molar-refractivity contribution in [1.82, 2.24) is 15.0 Å². The molecule has 0 atom stereocenters. The van der Waals surface area contributed by atoms with E-state index in [1.807, 2.05) is 54.6 Å². The minimum absolute atomic E-state index is 0.203. The molecule has 4 aromatic rings. The summed E-state index contributed by atoms with van der Waals surface area (Å²) >= 11 is 0. The smallest absolute Gasteiger partial charge is 0.323 e. The summed E-state index contributed by atoms with van der Waals surface area (Å²) < 4.78 is 25.1. The molecule has 0 radical (unpaired) electrons. The van der Waals surface area contributed by atoms with Crippen LogP contribution >= 0.6 is 0 Å². The molecule has 0 saturated heterocycles. The Morgan fingerprint density at radius 2 is 0.935 bits per heavy atom. The lowest BCUT2D eigenvalue weighted by Crippen LogP contribution is -2.09. The predicted molar refractivity (Wildman–Crippen MR) is 185 cm³/mol. The third kappa shape index (κ3) is 10.5. The SMILES string of the molecule is CCCCCCOc1c(CC)cccc1COc1nc(OCc2cccc(CC)c2OCCCCCC)nc(-c2ccccc2)n1. The summed E-state index contributed by atoms with van der Waals surface area (Å²) in [5, 5.41) is 0. The van der Waals surface area contributed by atoms with Crippen molar-refractivity contribution in [3.8, 4) is 34.9 Å². The van der Waals surface area contributed by atoms with E-state index < -0.39 is 0 Å². The molecule has 0 aliphatic heterocycles. The highest BCUT2D eigenvalue weighted by Gasteiger charge is 2.16. The molecule has 0 spiro atoms. The number of ether oxygens (including phenoxy) is 4. The van der Waals surface area contributed by atoms with E-state index in [1.54, 1.807) is 0 Å². The summed E-state index contributed by atoms with van der Waals surface area (Å²) in [5.74, 6) is 2.28. The zero-order valence-corrected chi connectivity index (χ0v) is 28.2. The molecule has 7 nitrogen and oxygen atoms in total. The van der Waals surface area contributed by atoms with Gasteiger partial charge in [0.05, 0.1) is 13.2 Å². The Kier molecular flexibility index (Phi) is 14.6. The van der Waals surface area contributed by atoms with E-state index in [0.29, 0.717) is 19.0 Å². The topological polar surface area (TPSA) is 75.6 Å². The first-order chi connectivity index (χ1) is 22.7. The van der Waals surface area contributed by atoms with E-state index in [2.05, 4.69) is 54.8 Å². The highest BCUT2D eigenvalue weighted by molar-refractivity contribution is 5.55. The summed E-state index contributed by atoms with van der Waals surface area (Å²) in [5.41, 5.74) is 5.12. The molecule has 46 heavy (non-hydrogen) atoms. The molecule has 0 unspecified atom stereocenters. The molecule has 0 amide bonds. The number of aryl methyl sites for hydroxylation is 2. The molecule has 1 aromatic heterocycles. The maximum absolute atomic E-state index is 6.31. The average Bonchev–Trinajstić information content (AvgIpc) is 3.10. The minimum Gasteiger partial charge on any atom is -0.493 e. The fourth-order valence-electron chi connectivity index (χ4n) is 5.31. The third-order valence-corrected chi connectivity index (χ3v) is 7.95. The maximum atomic E-state index is 6.31. The van der Waals surface area contributed by atoms with Gasteiger partial charge in [-0.15, -0.1) is 4.98 Å². The fourth-order valence-corrected chi connectivity index (χ4v) is 5.31. The van der Waals surface area contributed by atoms with E-state index in [1.165, 1.54) is 49.7 Å². The molecular weight excluding hydrogens is 574 g/mol. The van der Waals surface area contributed by atoms with Gasteiger partial charge in [0, 0.05) is 16.7 Å². The lowest BCUT2D eigenvalue weighted by molar-refractivity contribution is 0.238. The van der Waals surface area contributed by atoms with Crippen molar-refractivity contribution >= 4 is 0 Å². The van der Waals surface area contributed by atoms with E-state index in [4.69, 9.17) is 18.9 Å². The van der Waals surface area contributed by atoms with Crippen LogP contribution in [0.2, 0.25) is 0 Å². The van der Waals surface area contributed by atoms with Gasteiger partial charge in [0.2, 0.25) is 0 Å². The van der Waals surface area contributed by atoms with Crippen LogP contribution in [0, 0.1) is 0 Å². The van der Waals surface area contributed by atoms with E-state index in [0.717, 1.165) is 53.9 Å². The first kappa shape index (κ1) is 34.7. The van der Waals surface area contributed by atoms with Crippen molar-refractivity contribution in [2.24, 2.45) is 0 Å². The standard InChI is InChI=1S/C39H51N3O4/c1-5-9-11-16-26-43-35-30(7-3)22-18-24-33(35)28-45-38-40-37(32-20-14-13-15-21-32)41-39(42-38)46-29-34-25-19-23-31(8-4)36(34)44-27-17-12-10-6-2/h13-15,18-25H,5-12,16-17,26-29H2,1-4H3. The van der Waals surface area contributed by atoms with Gasteiger partial charge in [-0.25, -0.2) is 0 Å². The van der Waals surface area contributed by atoms with Crippen LogP contribution < -0.4 is 18.9 Å². The number of hydrogen-bond acceptors (Lipinski definition) is 7. The molecule has 0 aliphatic carbocycles. The molecule has 7 heteroatoms. The zero-order valence-electron chi connectivity index (χ0n) is 28.2. The summed E-state index contributed by atoms with van der Waals surface area (Å²) in [7, 11) is 0. The second-order valence-electron chi connectivity index (χ2n) is 11.5. The highest BCUT2D eigenvalue weighted by atomic mass is 16.5. The highest BCUT2D eigenvalue weighted by Crippen LogP contribution is 2.29. The van der Waals surface area contributed by atoms with E-state index in [-0.39, 0.29) is 25.2 Å². The van der Waals surface area contributed by atoms with Gasteiger partial charge in [-0.2, -0.15) is 9.97 Å². The molecule has 0 N–H and O–H groups in total. The van der Waals surface area contributed by atoms with Crippen LogP contribution in [-0.4, -0.2) is 28.2 Å². The molecule has 0 saturated carbocycles. The van der Waals surface area contributed by atoms with Crippen LogP contribution in [-0.2, 0) is 26.1 Å². The van der Waals surface area contributed by atoms with Gasteiger partial charge in [-0.3, -0.25) is 0 Å². The quantitative estimate of drug-likeness (QED) is 0.0853. The van der Waals surface area contributed by atoms with Gasteiger partial charge in [-0.1, -0.05) is 133 Å². The Hall–Kier alpha value is -4.13. The molecule has 3 aromatic carbocycles. The Morgan fingerprint density at radius 3 is 1.39 bits per heavy atom. The molecule has 1 heterocycles. The molecule has 246 valence electrons. The Morgan fingerprint density at radius 1 is 0.457 bits per heavy atom. The summed E-state index contributed by atoms with van der Waals surface area (Å²) in [6.07, 6.45) is 11.0. The van der Waals surface area contributed by atoms with E-state index >= 15 is 0 Å². The molecular formula is C39H51N3O4. The summed E-state index contributed by atoms with van der Waals surface area (Å²) in [6, 6.07) is 22.6. The normalized spacial score (nSPS) is 11.0. The molecule has 0 bridgehead atoms. The van der Waals surface area contributed by atoms with Crippen LogP contribution in [0.5, 0.6) is 23.5 Å². The van der Waals surface area contributed by atoms with E-state index in [9.17, 15) is 0 Å². The van der Waals surface area contributed by atoms with Gasteiger partial charge < -0.3 is 18.9 Å². The summed E-state index contributed by atoms with van der Waals surface area (Å²) in [4.78, 5) is 13.9. The monoisotopic (exact) mass is 625 g/mol. The lowest BCUT2D eigenvalue weighted by atomic mass is 10.1. The number of rotatable bonds is 21. The largest absolute Gasteiger partial charge is 0.493 e. The molecule has 0 aliphatic rings. The van der Waals surface area contributed by atoms with Crippen LogP contribution in [0.15, 0.2) is 66.7 Å². The van der Waals surface area contributed by atoms with Gasteiger partial charge in [0.15, 0.2) is 5.82 Å². The number of aromatic nitrogens is 3. The average molecular weight is 626 g/mol. The third-order valence-electron chi connectivity index (χ3n) is 7.95. The van der Waals surface area contributed by atoms with Crippen molar-refractivity contribution in [2.75, 3.05) is 13.2 Å². The van der Waals surface area contributed by atoms with Crippen LogP contribution in [0.3, 0.4) is 0 Å². The first-order valence-corrected chi connectivity index (χ1v) is 17.2. The van der Waals surface area contributed by atoms with Gasteiger partial charge in [-0.05, 0) is 36.8 Å². The van der Waals surface area contributed by atoms with Crippen molar-refractivity contribution in [3.05, 3.63) is 89.0 Å². The lowest BCUT2D eigenvalue weighted by Gasteiger charge is -2.17. The van der Waals surface area contributed by atoms with Crippen LogP contribution in [0.4, 0.5) is 0 Å². The van der Waals surface area contributed by atoms with Crippen molar-refractivity contribution in [2.45, 2.75) is 105 Å². The van der Waals surface area contributed by atoms with Crippen molar-refractivity contribution in [1.29, 1.82) is 0 Å². The van der Waals surface area contributed by atoms with Gasteiger partial charge in [0.25, 0.3) is 0 Å². The summed E-state index contributed by atoms with van der Waals surface area (Å²) in [6.45, 7) is 10.6. The second kappa shape index (κ2) is 19.4. The van der Waals surface area contributed by atoms with Crippen LogP contribution in [0.1, 0.15) is 101 Å². The second-order valence-corrected chi connectivity index (χ2v) is 11.5. The van der Waals surface area contributed by atoms with Crippen molar-refractivity contribution in [3.63, 3.8) is 0 Å². The van der Waals surface area contributed by atoms with Crippen LogP contribution in [0.25, 0.3) is 11.4 Å². The minimum atomic E-state index is 0.203.